The van der Waals surface area contributed by atoms with Gasteiger partial charge in [0, 0.05) is 58.4 Å². The zero-order valence-corrected chi connectivity index (χ0v) is 32.5. The predicted octanol–water partition coefficient (Wildman–Crippen LogP) is 4.26. The number of esters is 2. The third-order valence-corrected chi connectivity index (χ3v) is 9.85. The van der Waals surface area contributed by atoms with Crippen molar-refractivity contribution in [1.82, 2.24) is 20.6 Å². The Balaban J connectivity index is 1.13. The number of fused-ring (bicyclic) bond motifs is 2. The molecule has 0 saturated heterocycles. The van der Waals surface area contributed by atoms with Crippen LogP contribution in [0.15, 0.2) is 97.3 Å². The molecule has 0 bridgehead atoms. The van der Waals surface area contributed by atoms with E-state index in [0.29, 0.717) is 37.4 Å². The molecule has 6 rings (SSSR count). The Morgan fingerprint density at radius 2 is 0.966 bits per heavy atom. The second-order valence-electron chi connectivity index (χ2n) is 13.7. The van der Waals surface area contributed by atoms with Crippen LogP contribution in [-0.2, 0) is 54.3 Å². The normalized spacial score (nSPS) is 12.1. The van der Waals surface area contributed by atoms with E-state index < -0.39 is 36.0 Å². The van der Waals surface area contributed by atoms with E-state index >= 15 is 0 Å². The Hall–Kier alpha value is -6.64. The van der Waals surface area contributed by atoms with E-state index in [1.165, 1.54) is 14.2 Å². The highest BCUT2D eigenvalue weighted by Gasteiger charge is 2.33. The van der Waals surface area contributed by atoms with Gasteiger partial charge >= 0.3 is 11.9 Å². The monoisotopic (exact) mass is 788 g/mol. The lowest BCUT2D eigenvalue weighted by atomic mass is 10.1. The molecule has 8 N–H and O–H groups in total. The van der Waals surface area contributed by atoms with Crippen molar-refractivity contribution in [1.29, 1.82) is 0 Å². The van der Waals surface area contributed by atoms with E-state index in [9.17, 15) is 19.2 Å². The van der Waals surface area contributed by atoms with Gasteiger partial charge in [-0.3, -0.25) is 9.59 Å². The number of aromatic nitrogens is 2. The molecular formula is C44H48N6O8. The average molecular weight is 789 g/mol. The topological polar surface area (TPSA) is 213 Å². The number of methoxy groups -OCH3 is 2. The molecule has 2 heterocycles. The zero-order chi connectivity index (χ0) is 41.0. The lowest BCUT2D eigenvalue weighted by molar-refractivity contribution is -0.177. The number of hydrogen-bond donors (Lipinski definition) is 6. The van der Waals surface area contributed by atoms with E-state index in [0.717, 1.165) is 56.9 Å². The summed E-state index contributed by atoms with van der Waals surface area (Å²) in [6.45, 7) is 1.46. The number of carbonyl (C=O) groups excluding carboxylic acids is 4. The van der Waals surface area contributed by atoms with E-state index in [1.807, 2.05) is 36.7 Å². The van der Waals surface area contributed by atoms with Crippen LogP contribution in [-0.4, -0.2) is 74.1 Å². The number of rotatable bonds is 18. The molecule has 0 aliphatic rings. The molecular weight excluding hydrogens is 741 g/mol. The van der Waals surface area contributed by atoms with Crippen molar-refractivity contribution in [3.8, 4) is 11.5 Å². The van der Waals surface area contributed by atoms with Gasteiger partial charge in [0.05, 0.1) is 14.2 Å². The minimum atomic E-state index is -1.52. The lowest BCUT2D eigenvalue weighted by Crippen LogP contribution is -2.37. The number of aromatic amines is 2. The van der Waals surface area contributed by atoms with Crippen LogP contribution in [0.5, 0.6) is 11.5 Å². The van der Waals surface area contributed by atoms with Crippen LogP contribution >= 0.6 is 0 Å². The van der Waals surface area contributed by atoms with Gasteiger partial charge in [-0.1, -0.05) is 36.4 Å². The van der Waals surface area contributed by atoms with Gasteiger partial charge < -0.3 is 51.0 Å². The second-order valence-corrected chi connectivity index (χ2v) is 13.7. The maximum Gasteiger partial charge on any atom is 0.418 e. The number of H-pyrrole nitrogens is 2. The van der Waals surface area contributed by atoms with Gasteiger partial charge in [-0.25, -0.2) is 9.59 Å². The Kier molecular flexibility index (Phi) is 13.8. The number of hydrogen-bond acceptors (Lipinski definition) is 10. The molecule has 58 heavy (non-hydrogen) atoms. The number of benzene rings is 4. The molecule has 14 heteroatoms. The van der Waals surface area contributed by atoms with Crippen molar-refractivity contribution in [3.05, 3.63) is 131 Å². The fourth-order valence-electron chi connectivity index (χ4n) is 6.75. The summed E-state index contributed by atoms with van der Waals surface area (Å²) in [5.41, 5.74) is 18.3. The van der Waals surface area contributed by atoms with Gasteiger partial charge in [0.1, 0.15) is 11.5 Å². The van der Waals surface area contributed by atoms with Crippen molar-refractivity contribution in [2.75, 3.05) is 40.4 Å². The van der Waals surface area contributed by atoms with Crippen molar-refractivity contribution in [3.63, 3.8) is 0 Å². The number of carbonyl (C=O) groups is 4. The largest absolute Gasteiger partial charge is 0.497 e. The standard InChI is InChI=1S/C44H48N6O8/c1-55-33-9-5-29(6-10-33)39(41(51)47-21-17-27-3-13-37-35(23-27)31(15-19-45)25-49-37)57-43(53)44(54)58-40(30-7-11-34(56-2)12-8-30)42(52)48-22-18-28-4-14-38-36(24-28)32(16-20-46)26-50-38/h3-14,23-26,39-40,49-50H,15-22,45-46H2,1-2H3,(H,47,51)(H,48,52). The molecule has 4 aromatic carbocycles. The van der Waals surface area contributed by atoms with Crippen molar-refractivity contribution < 1.29 is 38.1 Å². The van der Waals surface area contributed by atoms with E-state index in [2.05, 4.69) is 32.7 Å². The fraction of sp³-hybridized carbons (Fsp3) is 0.273. The first-order chi connectivity index (χ1) is 28.2. The van der Waals surface area contributed by atoms with Crippen LogP contribution in [0.3, 0.4) is 0 Å². The molecule has 302 valence electrons. The van der Waals surface area contributed by atoms with E-state index in [1.54, 1.807) is 48.5 Å². The van der Waals surface area contributed by atoms with Crippen LogP contribution in [0, 0.1) is 0 Å². The van der Waals surface area contributed by atoms with Gasteiger partial charge in [-0.05, 0) is 110 Å². The molecule has 0 radical (unpaired) electrons. The Labute approximate surface area is 335 Å². The Bertz CT molecular complexity index is 2190. The highest BCUT2D eigenvalue weighted by atomic mass is 16.6. The summed E-state index contributed by atoms with van der Waals surface area (Å²) in [6, 6.07) is 24.6. The zero-order valence-electron chi connectivity index (χ0n) is 32.5. The van der Waals surface area contributed by atoms with Crippen molar-refractivity contribution >= 4 is 45.6 Å². The third kappa shape index (κ3) is 10.0. The number of ether oxygens (including phenoxy) is 4. The van der Waals surface area contributed by atoms with Crippen molar-refractivity contribution in [2.24, 2.45) is 11.5 Å². The summed E-state index contributed by atoms with van der Waals surface area (Å²) >= 11 is 0. The first kappa shape index (κ1) is 41.0. The van der Waals surface area contributed by atoms with Crippen molar-refractivity contribution in [2.45, 2.75) is 37.9 Å². The average Bonchev–Trinajstić information content (AvgIpc) is 3.85. The highest BCUT2D eigenvalue weighted by Crippen LogP contribution is 2.26. The van der Waals surface area contributed by atoms with E-state index in [4.69, 9.17) is 30.4 Å². The SMILES string of the molecule is COc1ccc(C(OC(=O)C(=O)OC(C(=O)NCCc2ccc3[nH]cc(CCN)c3c2)c2ccc(OC)cc2)C(=O)NCCc2ccc3[nH]cc(CCN)c3c2)cc1. The minimum Gasteiger partial charge on any atom is -0.497 e. The summed E-state index contributed by atoms with van der Waals surface area (Å²) in [7, 11) is 2.99. The third-order valence-electron chi connectivity index (χ3n) is 9.85. The molecule has 2 aromatic heterocycles. The van der Waals surface area contributed by atoms with Crippen LogP contribution < -0.4 is 31.6 Å². The van der Waals surface area contributed by atoms with E-state index in [-0.39, 0.29) is 24.2 Å². The van der Waals surface area contributed by atoms with Gasteiger partial charge in [-0.2, -0.15) is 0 Å². The summed E-state index contributed by atoms with van der Waals surface area (Å²) in [5, 5.41) is 7.77. The number of nitrogens with one attached hydrogen (secondary N) is 4. The van der Waals surface area contributed by atoms with Crippen LogP contribution in [0.4, 0.5) is 0 Å². The smallest absolute Gasteiger partial charge is 0.418 e. The molecule has 6 aromatic rings. The fourth-order valence-corrected chi connectivity index (χ4v) is 6.75. The molecule has 2 amide bonds. The first-order valence-electron chi connectivity index (χ1n) is 19.0. The molecule has 0 aliphatic carbocycles. The van der Waals surface area contributed by atoms with Gasteiger partial charge in [-0.15, -0.1) is 0 Å². The molecule has 0 saturated carbocycles. The maximum absolute atomic E-state index is 13.6. The molecule has 2 unspecified atom stereocenters. The molecule has 0 spiro atoms. The van der Waals surface area contributed by atoms with Crippen LogP contribution in [0.25, 0.3) is 21.8 Å². The van der Waals surface area contributed by atoms with Gasteiger partial charge in [0.2, 0.25) is 12.2 Å². The van der Waals surface area contributed by atoms with Gasteiger partial charge in [0.25, 0.3) is 11.8 Å². The first-order valence-corrected chi connectivity index (χ1v) is 19.0. The summed E-state index contributed by atoms with van der Waals surface area (Å²) in [5.74, 6) is -3.21. The molecule has 0 fully saturated rings. The quantitative estimate of drug-likeness (QED) is 0.0538. The summed E-state index contributed by atoms with van der Waals surface area (Å²) in [4.78, 5) is 60.6. The Morgan fingerprint density at radius 3 is 1.33 bits per heavy atom. The lowest BCUT2D eigenvalue weighted by Gasteiger charge is -2.20. The van der Waals surface area contributed by atoms with Crippen LogP contribution in [0.1, 0.15) is 45.6 Å². The summed E-state index contributed by atoms with van der Waals surface area (Å²) < 4.78 is 21.6. The number of nitrogens with two attached hydrogens (primary N) is 2. The second kappa shape index (κ2) is 19.5. The highest BCUT2D eigenvalue weighted by molar-refractivity contribution is 6.30. The maximum atomic E-state index is 13.6. The Morgan fingerprint density at radius 1 is 0.569 bits per heavy atom. The van der Waals surface area contributed by atoms with Crippen LogP contribution in [0.2, 0.25) is 0 Å². The number of amides is 2. The minimum absolute atomic E-state index is 0.212. The molecule has 0 aliphatic heterocycles. The van der Waals surface area contributed by atoms with Gasteiger partial charge in [0.15, 0.2) is 0 Å². The summed E-state index contributed by atoms with van der Waals surface area (Å²) in [6.07, 6.45) is 3.26. The molecule has 14 nitrogen and oxygen atoms in total. The predicted molar refractivity (Wildman–Crippen MR) is 219 cm³/mol. The molecule has 2 atom stereocenters.